The smallest absolute Gasteiger partial charge is 0.0928 e. The molecule has 0 N–H and O–H groups in total. The lowest BCUT2D eigenvalue weighted by molar-refractivity contribution is 0.0589. The van der Waals surface area contributed by atoms with Gasteiger partial charge < -0.3 is 0 Å². The van der Waals surface area contributed by atoms with Crippen LogP contribution in [0.4, 0.5) is 0 Å². The molecule has 2 aliphatic rings. The SMILES string of the molecule is CC(C)C1CC[C@@H](C)C[C@H]1OSSO[C@H]1C[C@@H](C)CC[C@@H]1C(C)C. The van der Waals surface area contributed by atoms with E-state index in [9.17, 15) is 0 Å². The quantitative estimate of drug-likeness (QED) is 0.267. The Balaban J connectivity index is 1.76. The van der Waals surface area contributed by atoms with E-state index in [1.165, 1.54) is 60.7 Å². The van der Waals surface area contributed by atoms with Gasteiger partial charge in [-0.3, -0.25) is 8.37 Å². The summed E-state index contributed by atoms with van der Waals surface area (Å²) in [6.45, 7) is 14.1. The highest BCUT2D eigenvalue weighted by molar-refractivity contribution is 8.73. The average Bonchev–Trinajstić information content (AvgIpc) is 2.51. The lowest BCUT2D eigenvalue weighted by Gasteiger charge is -2.37. The first-order valence-corrected chi connectivity index (χ1v) is 12.0. The van der Waals surface area contributed by atoms with Crippen molar-refractivity contribution < 1.29 is 8.37 Å². The first-order valence-electron chi connectivity index (χ1n) is 10.0. The molecule has 142 valence electrons. The Bertz CT molecular complexity index is 328. The van der Waals surface area contributed by atoms with Gasteiger partial charge in [0.25, 0.3) is 0 Å². The molecule has 4 heteroatoms. The highest BCUT2D eigenvalue weighted by Crippen LogP contribution is 2.42. The minimum atomic E-state index is 0.390. The molecule has 2 saturated carbocycles. The number of rotatable bonds is 7. The topological polar surface area (TPSA) is 18.5 Å². The lowest BCUT2D eigenvalue weighted by atomic mass is 9.75. The van der Waals surface area contributed by atoms with E-state index in [-0.39, 0.29) is 0 Å². The Morgan fingerprint density at radius 1 is 0.667 bits per heavy atom. The fourth-order valence-corrected chi connectivity index (χ4v) is 6.09. The second kappa shape index (κ2) is 10.1. The Labute approximate surface area is 158 Å². The molecular weight excluding hydrogens is 336 g/mol. The summed E-state index contributed by atoms with van der Waals surface area (Å²) in [4.78, 5) is 0. The molecule has 0 saturated heterocycles. The molecule has 0 spiro atoms. The van der Waals surface area contributed by atoms with Gasteiger partial charge in [-0.1, -0.05) is 54.4 Å². The Kier molecular flexibility index (Phi) is 8.79. The second-order valence-corrected chi connectivity index (χ2v) is 10.5. The van der Waals surface area contributed by atoms with Crippen molar-refractivity contribution in [1.82, 2.24) is 0 Å². The monoisotopic (exact) mass is 374 g/mol. The van der Waals surface area contributed by atoms with Gasteiger partial charge in [-0.05, 0) is 61.2 Å². The summed E-state index contributed by atoms with van der Waals surface area (Å²) in [5.74, 6) is 4.40. The maximum Gasteiger partial charge on any atom is 0.0928 e. The van der Waals surface area contributed by atoms with Gasteiger partial charge >= 0.3 is 0 Å². The van der Waals surface area contributed by atoms with E-state index < -0.39 is 0 Å². The van der Waals surface area contributed by atoms with E-state index in [1.807, 2.05) is 0 Å². The largest absolute Gasteiger partial charge is 0.300 e. The van der Waals surface area contributed by atoms with Crippen molar-refractivity contribution in [2.24, 2.45) is 35.5 Å². The first kappa shape index (κ1) is 20.9. The Hall–Kier alpha value is 0.620. The van der Waals surface area contributed by atoms with Crippen LogP contribution in [0.1, 0.15) is 80.1 Å². The van der Waals surface area contributed by atoms with E-state index in [0.717, 1.165) is 11.8 Å². The van der Waals surface area contributed by atoms with Crippen molar-refractivity contribution in [3.63, 3.8) is 0 Å². The van der Waals surface area contributed by atoms with Crippen molar-refractivity contribution in [3.05, 3.63) is 0 Å². The summed E-state index contributed by atoms with van der Waals surface area (Å²) in [5, 5.41) is 0. The molecule has 0 aromatic rings. The predicted molar refractivity (Wildman–Crippen MR) is 108 cm³/mol. The second-order valence-electron chi connectivity index (χ2n) is 9.06. The Morgan fingerprint density at radius 2 is 1.04 bits per heavy atom. The number of hydrogen-bond donors (Lipinski definition) is 0. The summed E-state index contributed by atoms with van der Waals surface area (Å²) >= 11 is 2.97. The molecule has 1 unspecified atom stereocenters. The van der Waals surface area contributed by atoms with Gasteiger partial charge in [-0.2, -0.15) is 0 Å². The summed E-state index contributed by atoms with van der Waals surface area (Å²) in [7, 11) is 0. The van der Waals surface area contributed by atoms with E-state index in [2.05, 4.69) is 41.5 Å². The molecule has 24 heavy (non-hydrogen) atoms. The number of hydrogen-bond acceptors (Lipinski definition) is 4. The minimum absolute atomic E-state index is 0.390. The van der Waals surface area contributed by atoms with Gasteiger partial charge in [0.2, 0.25) is 0 Å². The van der Waals surface area contributed by atoms with Crippen LogP contribution in [0.3, 0.4) is 0 Å². The van der Waals surface area contributed by atoms with Gasteiger partial charge in [-0.15, -0.1) is 0 Å². The van der Waals surface area contributed by atoms with Gasteiger partial charge in [0.1, 0.15) is 0 Å². The van der Waals surface area contributed by atoms with Crippen LogP contribution >= 0.6 is 22.1 Å². The molecule has 0 heterocycles. The summed E-state index contributed by atoms with van der Waals surface area (Å²) in [6, 6.07) is 0. The maximum absolute atomic E-state index is 6.20. The normalized spacial score (nSPS) is 38.0. The van der Waals surface area contributed by atoms with Crippen LogP contribution < -0.4 is 0 Å². The molecule has 0 bridgehead atoms. The third-order valence-electron chi connectivity index (χ3n) is 6.28. The van der Waals surface area contributed by atoms with Crippen molar-refractivity contribution in [1.29, 1.82) is 0 Å². The lowest BCUT2D eigenvalue weighted by Crippen LogP contribution is -2.33. The van der Waals surface area contributed by atoms with Gasteiger partial charge in [0.05, 0.1) is 34.4 Å². The molecule has 0 aromatic heterocycles. The van der Waals surface area contributed by atoms with Crippen LogP contribution in [0.25, 0.3) is 0 Å². The van der Waals surface area contributed by atoms with Crippen LogP contribution in [0.15, 0.2) is 0 Å². The van der Waals surface area contributed by atoms with E-state index in [0.29, 0.717) is 35.9 Å². The molecule has 2 aliphatic carbocycles. The third-order valence-corrected chi connectivity index (χ3v) is 7.62. The zero-order chi connectivity index (χ0) is 17.7. The molecule has 0 aromatic carbocycles. The molecule has 6 atom stereocenters. The van der Waals surface area contributed by atoms with Crippen molar-refractivity contribution >= 4 is 22.1 Å². The van der Waals surface area contributed by atoms with Crippen LogP contribution in [-0.4, -0.2) is 12.2 Å². The molecule has 2 rings (SSSR count). The highest BCUT2D eigenvalue weighted by atomic mass is 33.1. The van der Waals surface area contributed by atoms with Crippen molar-refractivity contribution in [3.8, 4) is 0 Å². The summed E-state index contributed by atoms with van der Waals surface area (Å²) < 4.78 is 12.4. The molecular formula is C20H38O2S2. The molecule has 0 amide bonds. The average molecular weight is 375 g/mol. The standard InChI is InChI=1S/C20H38O2S2/c1-13(2)17-9-7-15(5)11-19(17)21-23-24-22-20-12-16(6)8-10-18(20)14(3)4/h13-20H,7-12H2,1-6H3/t15-,16+,17+,18?,19-,20+/m0/s1. The van der Waals surface area contributed by atoms with Crippen molar-refractivity contribution in [2.45, 2.75) is 92.3 Å². The first-order chi connectivity index (χ1) is 11.4. The highest BCUT2D eigenvalue weighted by Gasteiger charge is 2.34. The van der Waals surface area contributed by atoms with Crippen LogP contribution in [0, 0.1) is 35.5 Å². The van der Waals surface area contributed by atoms with E-state index in [4.69, 9.17) is 8.37 Å². The van der Waals surface area contributed by atoms with Crippen LogP contribution in [-0.2, 0) is 8.37 Å². The van der Waals surface area contributed by atoms with Crippen LogP contribution in [0.2, 0.25) is 0 Å². The fourth-order valence-electron chi connectivity index (χ4n) is 4.58. The molecule has 0 aliphatic heterocycles. The minimum Gasteiger partial charge on any atom is -0.300 e. The summed E-state index contributed by atoms with van der Waals surface area (Å²) in [6.07, 6.45) is 8.51. The van der Waals surface area contributed by atoms with E-state index >= 15 is 0 Å². The molecule has 2 nitrogen and oxygen atoms in total. The zero-order valence-corrected chi connectivity index (χ0v) is 18.1. The van der Waals surface area contributed by atoms with Crippen molar-refractivity contribution in [2.75, 3.05) is 0 Å². The summed E-state index contributed by atoms with van der Waals surface area (Å²) in [5.41, 5.74) is 0. The van der Waals surface area contributed by atoms with Crippen LogP contribution in [0.5, 0.6) is 0 Å². The predicted octanol–water partition coefficient (Wildman–Crippen LogP) is 7.15. The molecule has 0 radical (unpaired) electrons. The zero-order valence-electron chi connectivity index (χ0n) is 16.5. The van der Waals surface area contributed by atoms with E-state index in [1.54, 1.807) is 0 Å². The third kappa shape index (κ3) is 6.10. The van der Waals surface area contributed by atoms with Gasteiger partial charge in [0.15, 0.2) is 0 Å². The molecule has 2 fully saturated rings. The fraction of sp³-hybridized carbons (Fsp3) is 1.00. The van der Waals surface area contributed by atoms with Gasteiger partial charge in [-0.25, -0.2) is 0 Å². The maximum atomic E-state index is 6.20. The Morgan fingerprint density at radius 3 is 1.38 bits per heavy atom. The van der Waals surface area contributed by atoms with Gasteiger partial charge in [0, 0.05) is 0 Å².